The van der Waals surface area contributed by atoms with Crippen LogP contribution in [0.4, 0.5) is 0 Å². The summed E-state index contributed by atoms with van der Waals surface area (Å²) in [6, 6.07) is 18.5. The first-order valence-corrected chi connectivity index (χ1v) is 9.02. The molecule has 28 heavy (non-hydrogen) atoms. The van der Waals surface area contributed by atoms with E-state index in [1.165, 1.54) is 0 Å². The summed E-state index contributed by atoms with van der Waals surface area (Å²) in [5.74, 6) is 2.89. The standard InChI is InChI=1S/C22H21NO5/c1-23(13-17-14-26-19-5-3-4-6-20(19)27-17)22(24)21-12-11-18(28-21)15-7-9-16(25-2)10-8-15/h3-12,17H,13-14H2,1-2H3. The molecule has 2 aromatic carbocycles. The third-order valence-corrected chi connectivity index (χ3v) is 4.58. The zero-order valence-corrected chi connectivity index (χ0v) is 15.8. The number of benzene rings is 2. The molecule has 1 aliphatic heterocycles. The Kier molecular flexibility index (Phi) is 4.93. The minimum atomic E-state index is -0.236. The minimum Gasteiger partial charge on any atom is -0.497 e. The first-order chi connectivity index (χ1) is 13.6. The number of rotatable bonds is 5. The molecule has 1 unspecified atom stereocenters. The van der Waals surface area contributed by atoms with Crippen LogP contribution in [0.25, 0.3) is 11.3 Å². The third kappa shape index (κ3) is 3.67. The van der Waals surface area contributed by atoms with Crippen LogP contribution in [0.2, 0.25) is 0 Å². The third-order valence-electron chi connectivity index (χ3n) is 4.58. The van der Waals surface area contributed by atoms with Gasteiger partial charge in [-0.2, -0.15) is 0 Å². The quantitative estimate of drug-likeness (QED) is 0.674. The number of methoxy groups -OCH3 is 1. The number of carbonyl (C=O) groups is 1. The van der Waals surface area contributed by atoms with E-state index in [4.69, 9.17) is 18.6 Å². The molecule has 0 aliphatic carbocycles. The highest BCUT2D eigenvalue weighted by Gasteiger charge is 2.25. The van der Waals surface area contributed by atoms with Gasteiger partial charge in [-0.1, -0.05) is 12.1 Å². The molecule has 0 fully saturated rings. The number of ether oxygens (including phenoxy) is 3. The zero-order valence-electron chi connectivity index (χ0n) is 15.8. The van der Waals surface area contributed by atoms with Gasteiger partial charge < -0.3 is 23.5 Å². The molecule has 144 valence electrons. The second kappa shape index (κ2) is 7.68. The number of fused-ring (bicyclic) bond motifs is 1. The van der Waals surface area contributed by atoms with Crippen molar-refractivity contribution in [3.8, 4) is 28.6 Å². The predicted octanol–water partition coefficient (Wildman–Crippen LogP) is 3.87. The fourth-order valence-electron chi connectivity index (χ4n) is 3.09. The zero-order chi connectivity index (χ0) is 19.5. The second-order valence-corrected chi connectivity index (χ2v) is 6.58. The number of furan rings is 1. The highest BCUT2D eigenvalue weighted by molar-refractivity contribution is 5.92. The number of nitrogens with zero attached hydrogens (tertiary/aromatic N) is 1. The van der Waals surface area contributed by atoms with Crippen LogP contribution in [0.1, 0.15) is 10.6 Å². The summed E-state index contributed by atoms with van der Waals surface area (Å²) >= 11 is 0. The Morgan fingerprint density at radius 3 is 2.57 bits per heavy atom. The maximum absolute atomic E-state index is 12.7. The first-order valence-electron chi connectivity index (χ1n) is 9.02. The lowest BCUT2D eigenvalue weighted by Crippen LogP contribution is -2.41. The predicted molar refractivity (Wildman–Crippen MR) is 104 cm³/mol. The topological polar surface area (TPSA) is 61.1 Å². The number of carbonyl (C=O) groups excluding carboxylic acids is 1. The van der Waals surface area contributed by atoms with E-state index in [1.54, 1.807) is 31.2 Å². The van der Waals surface area contributed by atoms with E-state index in [0.29, 0.717) is 24.7 Å². The number of para-hydroxylation sites is 2. The molecule has 0 N–H and O–H groups in total. The Balaban J connectivity index is 1.41. The summed E-state index contributed by atoms with van der Waals surface area (Å²) in [6.45, 7) is 0.787. The Morgan fingerprint density at radius 1 is 1.07 bits per heavy atom. The fraction of sp³-hybridized carbons (Fsp3) is 0.227. The van der Waals surface area contributed by atoms with Gasteiger partial charge in [0.1, 0.15) is 18.1 Å². The Bertz CT molecular complexity index is 963. The number of likely N-dealkylation sites (N-methyl/N-ethyl adjacent to an activating group) is 1. The molecule has 1 aliphatic rings. The Labute approximate surface area is 163 Å². The van der Waals surface area contributed by atoms with Crippen molar-refractivity contribution in [2.75, 3.05) is 27.3 Å². The van der Waals surface area contributed by atoms with Gasteiger partial charge in [-0.25, -0.2) is 0 Å². The van der Waals surface area contributed by atoms with Crippen LogP contribution in [0.3, 0.4) is 0 Å². The fourth-order valence-corrected chi connectivity index (χ4v) is 3.09. The molecule has 6 nitrogen and oxygen atoms in total. The van der Waals surface area contributed by atoms with Crippen LogP contribution in [0.15, 0.2) is 65.1 Å². The van der Waals surface area contributed by atoms with Crippen molar-refractivity contribution in [3.05, 3.63) is 66.4 Å². The molecule has 0 radical (unpaired) electrons. The van der Waals surface area contributed by atoms with Gasteiger partial charge >= 0.3 is 0 Å². The minimum absolute atomic E-state index is 0.206. The summed E-state index contributed by atoms with van der Waals surface area (Å²) in [6.07, 6.45) is -0.236. The van der Waals surface area contributed by atoms with Crippen LogP contribution in [-0.4, -0.2) is 44.2 Å². The summed E-state index contributed by atoms with van der Waals surface area (Å²) in [4.78, 5) is 14.3. The molecule has 0 saturated heterocycles. The van der Waals surface area contributed by atoms with Crippen LogP contribution in [0, 0.1) is 0 Å². The lowest BCUT2D eigenvalue weighted by atomic mass is 10.2. The molecular formula is C22H21NO5. The Hall–Kier alpha value is -3.41. The smallest absolute Gasteiger partial charge is 0.289 e. The molecule has 1 amide bonds. The maximum Gasteiger partial charge on any atom is 0.289 e. The van der Waals surface area contributed by atoms with E-state index >= 15 is 0 Å². The van der Waals surface area contributed by atoms with Crippen molar-refractivity contribution in [2.24, 2.45) is 0 Å². The monoisotopic (exact) mass is 379 g/mol. The number of amides is 1. The van der Waals surface area contributed by atoms with Crippen LogP contribution in [0.5, 0.6) is 17.2 Å². The summed E-state index contributed by atoms with van der Waals surface area (Å²) in [5.41, 5.74) is 0.878. The van der Waals surface area contributed by atoms with E-state index < -0.39 is 0 Å². The van der Waals surface area contributed by atoms with Crippen molar-refractivity contribution in [1.29, 1.82) is 0 Å². The van der Waals surface area contributed by atoms with Crippen molar-refractivity contribution in [1.82, 2.24) is 4.90 Å². The average Bonchev–Trinajstić information content (AvgIpc) is 3.23. The van der Waals surface area contributed by atoms with Crippen molar-refractivity contribution >= 4 is 5.91 Å². The van der Waals surface area contributed by atoms with Crippen LogP contribution >= 0.6 is 0 Å². The molecule has 0 saturated carbocycles. The van der Waals surface area contributed by atoms with Gasteiger partial charge in [0.2, 0.25) is 0 Å². The summed E-state index contributed by atoms with van der Waals surface area (Å²) in [7, 11) is 3.34. The van der Waals surface area contributed by atoms with Crippen molar-refractivity contribution in [3.63, 3.8) is 0 Å². The molecule has 3 aromatic rings. The van der Waals surface area contributed by atoms with Crippen LogP contribution in [-0.2, 0) is 0 Å². The van der Waals surface area contributed by atoms with E-state index in [0.717, 1.165) is 17.1 Å². The van der Waals surface area contributed by atoms with Gasteiger partial charge in [0.25, 0.3) is 5.91 Å². The Morgan fingerprint density at radius 2 is 1.82 bits per heavy atom. The van der Waals surface area contributed by atoms with Crippen LogP contribution < -0.4 is 14.2 Å². The number of hydrogen-bond acceptors (Lipinski definition) is 5. The lowest BCUT2D eigenvalue weighted by molar-refractivity contribution is 0.0502. The van der Waals surface area contributed by atoms with Crippen molar-refractivity contribution < 1.29 is 23.4 Å². The summed E-state index contributed by atoms with van der Waals surface area (Å²) in [5, 5.41) is 0. The van der Waals surface area contributed by atoms with Gasteiger partial charge in [0.05, 0.1) is 13.7 Å². The lowest BCUT2D eigenvalue weighted by Gasteiger charge is -2.29. The van der Waals surface area contributed by atoms with E-state index in [-0.39, 0.29) is 17.8 Å². The van der Waals surface area contributed by atoms with Gasteiger partial charge in [0, 0.05) is 12.6 Å². The van der Waals surface area contributed by atoms with E-state index in [1.807, 2.05) is 48.5 Å². The van der Waals surface area contributed by atoms with Gasteiger partial charge in [-0.15, -0.1) is 0 Å². The highest BCUT2D eigenvalue weighted by Crippen LogP contribution is 2.31. The van der Waals surface area contributed by atoms with E-state index in [2.05, 4.69) is 0 Å². The van der Waals surface area contributed by atoms with Gasteiger partial charge in [-0.05, 0) is 48.5 Å². The largest absolute Gasteiger partial charge is 0.497 e. The molecule has 0 bridgehead atoms. The molecule has 4 rings (SSSR count). The molecule has 6 heteroatoms. The average molecular weight is 379 g/mol. The molecular weight excluding hydrogens is 358 g/mol. The van der Waals surface area contributed by atoms with Gasteiger partial charge in [-0.3, -0.25) is 4.79 Å². The molecule has 1 aromatic heterocycles. The molecule has 2 heterocycles. The second-order valence-electron chi connectivity index (χ2n) is 6.58. The van der Waals surface area contributed by atoms with Gasteiger partial charge in [0.15, 0.2) is 23.4 Å². The van der Waals surface area contributed by atoms with E-state index in [9.17, 15) is 4.79 Å². The summed E-state index contributed by atoms with van der Waals surface area (Å²) < 4.78 is 22.6. The first kappa shape index (κ1) is 18.0. The highest BCUT2D eigenvalue weighted by atomic mass is 16.6. The SMILES string of the molecule is COc1ccc(-c2ccc(C(=O)N(C)CC3COc4ccccc4O3)o2)cc1. The molecule has 0 spiro atoms. The van der Waals surface area contributed by atoms with Crippen molar-refractivity contribution in [2.45, 2.75) is 6.10 Å². The maximum atomic E-state index is 12.7. The normalized spacial score (nSPS) is 15.1. The molecule has 1 atom stereocenters. The number of hydrogen-bond donors (Lipinski definition) is 0.